The van der Waals surface area contributed by atoms with Gasteiger partial charge >= 0.3 is 0 Å². The van der Waals surface area contributed by atoms with Gasteiger partial charge in [0.15, 0.2) is 0 Å². The molecule has 0 bridgehead atoms. The van der Waals surface area contributed by atoms with Crippen LogP contribution in [0.3, 0.4) is 0 Å². The molecule has 0 aliphatic rings. The fourth-order valence-corrected chi connectivity index (χ4v) is 4.91. The van der Waals surface area contributed by atoms with Crippen LogP contribution >= 0.6 is 0 Å². The number of amides is 1. The molecule has 1 atom stereocenters. The molecule has 0 saturated carbocycles. The van der Waals surface area contributed by atoms with E-state index in [1.54, 1.807) is 0 Å². The minimum atomic E-state index is 0.220. The van der Waals surface area contributed by atoms with Gasteiger partial charge in [-0.15, -0.1) is 0 Å². The predicted molar refractivity (Wildman–Crippen MR) is 148 cm³/mol. The van der Waals surface area contributed by atoms with Gasteiger partial charge < -0.3 is 5.32 Å². The van der Waals surface area contributed by atoms with Crippen LogP contribution in [0, 0.1) is 0 Å². The van der Waals surface area contributed by atoms with Crippen LogP contribution in [-0.4, -0.2) is 30.1 Å². The fraction of sp³-hybridized carbons (Fsp3) is 0.967. The molecule has 1 unspecified atom stereocenters. The number of hydrogen-bond donors (Lipinski definition) is 1. The van der Waals surface area contributed by atoms with E-state index in [0.717, 1.165) is 32.4 Å². The van der Waals surface area contributed by atoms with Crippen molar-refractivity contribution in [2.75, 3.05) is 13.1 Å². The van der Waals surface area contributed by atoms with Crippen LogP contribution in [0.5, 0.6) is 0 Å². The number of carbonyl (C=O) groups is 1. The summed E-state index contributed by atoms with van der Waals surface area (Å²) in [5.74, 6) is 0.243. The van der Waals surface area contributed by atoms with E-state index in [1.807, 2.05) is 0 Å². The van der Waals surface area contributed by atoms with E-state index in [9.17, 15) is 4.79 Å². The van der Waals surface area contributed by atoms with Crippen LogP contribution in [0.15, 0.2) is 0 Å². The zero-order valence-corrected chi connectivity index (χ0v) is 23.4. The average Bonchev–Trinajstić information content (AvgIpc) is 2.81. The van der Waals surface area contributed by atoms with Crippen molar-refractivity contribution >= 4 is 5.91 Å². The molecule has 1 N–H and O–H groups in total. The lowest BCUT2D eigenvalue weighted by Crippen LogP contribution is -2.48. The van der Waals surface area contributed by atoms with Crippen molar-refractivity contribution in [1.29, 1.82) is 0 Å². The van der Waals surface area contributed by atoms with E-state index in [4.69, 9.17) is 0 Å². The zero-order valence-electron chi connectivity index (χ0n) is 23.4. The SMILES string of the molecule is CCCCCCCCCCCCCCCCCCCCCC(=O)NC(CCC)N(CC)CC. The monoisotopic (exact) mass is 466 g/mol. The maximum absolute atomic E-state index is 12.3. The Morgan fingerprint density at radius 2 is 0.909 bits per heavy atom. The van der Waals surface area contributed by atoms with Crippen LogP contribution < -0.4 is 5.32 Å². The zero-order chi connectivity index (χ0) is 24.4. The normalized spacial score (nSPS) is 12.4. The highest BCUT2D eigenvalue weighted by atomic mass is 16.1. The molecule has 1 amide bonds. The molecular weight excluding hydrogens is 404 g/mol. The maximum atomic E-state index is 12.3. The van der Waals surface area contributed by atoms with Crippen molar-refractivity contribution in [3.05, 3.63) is 0 Å². The number of nitrogens with one attached hydrogen (secondary N) is 1. The number of nitrogens with zero attached hydrogens (tertiary/aromatic N) is 1. The van der Waals surface area contributed by atoms with Gasteiger partial charge in [0, 0.05) is 6.42 Å². The van der Waals surface area contributed by atoms with E-state index in [0.29, 0.717) is 6.42 Å². The Morgan fingerprint density at radius 3 is 1.24 bits per heavy atom. The Balaban J connectivity index is 3.38. The minimum absolute atomic E-state index is 0.220. The van der Waals surface area contributed by atoms with E-state index < -0.39 is 0 Å². The summed E-state index contributed by atoms with van der Waals surface area (Å²) in [6, 6.07) is 0. The van der Waals surface area contributed by atoms with E-state index in [2.05, 4.69) is 37.9 Å². The number of unbranched alkanes of at least 4 members (excludes halogenated alkanes) is 18. The van der Waals surface area contributed by atoms with Gasteiger partial charge in [0.25, 0.3) is 0 Å². The molecule has 0 spiro atoms. The van der Waals surface area contributed by atoms with Crippen molar-refractivity contribution in [1.82, 2.24) is 10.2 Å². The Bertz CT molecular complexity index is 395. The highest BCUT2D eigenvalue weighted by molar-refractivity contribution is 5.76. The van der Waals surface area contributed by atoms with Gasteiger partial charge in [0.2, 0.25) is 5.91 Å². The van der Waals surface area contributed by atoms with Crippen LogP contribution in [0.1, 0.15) is 169 Å². The molecule has 0 rings (SSSR count). The van der Waals surface area contributed by atoms with Gasteiger partial charge in [-0.1, -0.05) is 150 Å². The third-order valence-electron chi connectivity index (χ3n) is 7.15. The highest BCUT2D eigenvalue weighted by Crippen LogP contribution is 2.15. The lowest BCUT2D eigenvalue weighted by atomic mass is 10.0. The molecule has 0 aromatic rings. The van der Waals surface area contributed by atoms with Gasteiger partial charge in [0.1, 0.15) is 0 Å². The molecule has 0 aliphatic carbocycles. The van der Waals surface area contributed by atoms with Crippen molar-refractivity contribution in [3.8, 4) is 0 Å². The van der Waals surface area contributed by atoms with Gasteiger partial charge in [-0.3, -0.25) is 9.69 Å². The largest absolute Gasteiger partial charge is 0.341 e. The second-order valence-electron chi connectivity index (χ2n) is 10.2. The topological polar surface area (TPSA) is 32.3 Å². The Kier molecular flexibility index (Phi) is 25.6. The van der Waals surface area contributed by atoms with Gasteiger partial charge in [-0.25, -0.2) is 0 Å². The molecule has 198 valence electrons. The summed E-state index contributed by atoms with van der Waals surface area (Å²) in [5.41, 5.74) is 0. The van der Waals surface area contributed by atoms with Crippen LogP contribution in [0.25, 0.3) is 0 Å². The number of hydrogen-bond acceptors (Lipinski definition) is 2. The summed E-state index contributed by atoms with van der Waals surface area (Å²) in [6.45, 7) is 10.8. The molecule has 0 heterocycles. The summed E-state index contributed by atoms with van der Waals surface area (Å²) < 4.78 is 0. The molecule has 0 radical (unpaired) electrons. The van der Waals surface area contributed by atoms with E-state index in [-0.39, 0.29) is 12.1 Å². The first-order valence-electron chi connectivity index (χ1n) is 15.2. The fourth-order valence-electron chi connectivity index (χ4n) is 4.91. The van der Waals surface area contributed by atoms with Gasteiger partial charge in [-0.05, 0) is 25.9 Å². The molecule has 0 saturated heterocycles. The summed E-state index contributed by atoms with van der Waals surface area (Å²) in [7, 11) is 0. The van der Waals surface area contributed by atoms with Crippen molar-refractivity contribution in [2.24, 2.45) is 0 Å². The first kappa shape index (κ1) is 32.4. The quantitative estimate of drug-likeness (QED) is 0.102. The maximum Gasteiger partial charge on any atom is 0.221 e. The first-order chi connectivity index (χ1) is 16.2. The smallest absolute Gasteiger partial charge is 0.221 e. The standard InChI is InChI=1S/C30H62N2O/c1-5-9-10-11-12-13-14-15-16-17-18-19-20-21-22-23-24-25-26-28-30(33)31-29(27-6-2)32(7-3)8-4/h29H,5-28H2,1-4H3,(H,31,33). The summed E-state index contributed by atoms with van der Waals surface area (Å²) >= 11 is 0. The molecule has 0 aromatic heterocycles. The first-order valence-corrected chi connectivity index (χ1v) is 15.2. The second kappa shape index (κ2) is 26.0. The minimum Gasteiger partial charge on any atom is -0.341 e. The lowest BCUT2D eigenvalue weighted by Gasteiger charge is -2.30. The average molecular weight is 467 g/mol. The van der Waals surface area contributed by atoms with Crippen molar-refractivity contribution in [3.63, 3.8) is 0 Å². The molecular formula is C30H62N2O. The second-order valence-corrected chi connectivity index (χ2v) is 10.2. The van der Waals surface area contributed by atoms with E-state index in [1.165, 1.54) is 116 Å². The molecule has 0 fully saturated rings. The third-order valence-corrected chi connectivity index (χ3v) is 7.15. The number of carbonyl (C=O) groups excluding carboxylic acids is 1. The molecule has 3 nitrogen and oxygen atoms in total. The van der Waals surface area contributed by atoms with Crippen LogP contribution in [0.2, 0.25) is 0 Å². The Labute approximate surface area is 209 Å². The van der Waals surface area contributed by atoms with Gasteiger partial charge in [-0.2, -0.15) is 0 Å². The lowest BCUT2D eigenvalue weighted by molar-refractivity contribution is -0.123. The third kappa shape index (κ3) is 21.7. The van der Waals surface area contributed by atoms with E-state index >= 15 is 0 Å². The van der Waals surface area contributed by atoms with Crippen molar-refractivity contribution < 1.29 is 4.79 Å². The summed E-state index contributed by atoms with van der Waals surface area (Å²) in [4.78, 5) is 14.7. The molecule has 0 aliphatic heterocycles. The molecule has 3 heteroatoms. The van der Waals surface area contributed by atoms with Crippen LogP contribution in [-0.2, 0) is 4.79 Å². The summed E-state index contributed by atoms with van der Waals surface area (Å²) in [5, 5.41) is 3.27. The Morgan fingerprint density at radius 1 is 0.545 bits per heavy atom. The molecule has 0 aromatic carbocycles. The van der Waals surface area contributed by atoms with Crippen LogP contribution in [0.4, 0.5) is 0 Å². The Hall–Kier alpha value is -0.570. The van der Waals surface area contributed by atoms with Gasteiger partial charge in [0.05, 0.1) is 6.17 Å². The molecule has 33 heavy (non-hydrogen) atoms. The van der Waals surface area contributed by atoms with Crippen molar-refractivity contribution in [2.45, 2.75) is 175 Å². The summed E-state index contributed by atoms with van der Waals surface area (Å²) in [6.07, 6.45) is 29.5. The number of rotatable bonds is 26. The highest BCUT2D eigenvalue weighted by Gasteiger charge is 2.16. The predicted octanol–water partition coefficient (Wildman–Crippen LogP) is 9.39.